The Morgan fingerprint density at radius 3 is 2.89 bits per heavy atom. The second-order valence-electron chi connectivity index (χ2n) is 6.61. The summed E-state index contributed by atoms with van der Waals surface area (Å²) < 4.78 is 11.0. The molecule has 3 aromatic rings. The van der Waals surface area contributed by atoms with Gasteiger partial charge in [-0.25, -0.2) is 0 Å². The van der Waals surface area contributed by atoms with Crippen molar-refractivity contribution in [3.05, 3.63) is 64.3 Å². The number of fused-ring (bicyclic) bond motifs is 2. The van der Waals surface area contributed by atoms with E-state index in [1.807, 2.05) is 25.1 Å². The zero-order chi connectivity index (χ0) is 19.7. The zero-order valence-corrected chi connectivity index (χ0v) is 16.0. The summed E-state index contributed by atoms with van der Waals surface area (Å²) >= 11 is 6.21. The van der Waals surface area contributed by atoms with Gasteiger partial charge in [0.15, 0.2) is 11.5 Å². The average molecular weight is 399 g/mol. The Bertz CT molecular complexity index is 1050. The van der Waals surface area contributed by atoms with Crippen molar-refractivity contribution in [1.29, 1.82) is 0 Å². The molecule has 0 radical (unpaired) electrons. The lowest BCUT2D eigenvalue weighted by atomic mass is 10.1. The number of amides is 1. The van der Waals surface area contributed by atoms with Crippen LogP contribution in [0.1, 0.15) is 27.7 Å². The van der Waals surface area contributed by atoms with Crippen LogP contribution in [-0.4, -0.2) is 35.8 Å². The predicted octanol–water partition coefficient (Wildman–Crippen LogP) is 3.43. The first kappa shape index (κ1) is 18.5. The minimum atomic E-state index is -0.929. The van der Waals surface area contributed by atoms with Gasteiger partial charge >= 0.3 is 0 Å². The van der Waals surface area contributed by atoms with Gasteiger partial charge in [-0.3, -0.25) is 9.78 Å². The fourth-order valence-corrected chi connectivity index (χ4v) is 3.37. The Balaban J connectivity index is 1.46. The number of halogens is 1. The van der Waals surface area contributed by atoms with Crippen LogP contribution in [0.3, 0.4) is 0 Å². The van der Waals surface area contributed by atoms with Crippen molar-refractivity contribution >= 4 is 28.4 Å². The summed E-state index contributed by atoms with van der Waals surface area (Å²) in [5, 5.41) is 14.5. The molecule has 2 heterocycles. The molecule has 0 aliphatic carbocycles. The molecule has 1 unspecified atom stereocenters. The Labute approximate surface area is 167 Å². The van der Waals surface area contributed by atoms with E-state index in [9.17, 15) is 9.90 Å². The van der Waals surface area contributed by atoms with Crippen molar-refractivity contribution in [3.8, 4) is 11.5 Å². The van der Waals surface area contributed by atoms with Gasteiger partial charge in [0.2, 0.25) is 0 Å². The Kier molecular flexibility index (Phi) is 5.07. The van der Waals surface area contributed by atoms with Gasteiger partial charge < -0.3 is 19.9 Å². The highest BCUT2D eigenvalue weighted by molar-refractivity contribution is 6.32. The first-order valence-corrected chi connectivity index (χ1v) is 9.32. The fourth-order valence-electron chi connectivity index (χ4n) is 3.10. The van der Waals surface area contributed by atoms with Crippen molar-refractivity contribution in [3.63, 3.8) is 0 Å². The maximum absolute atomic E-state index is 12.5. The summed E-state index contributed by atoms with van der Waals surface area (Å²) in [5.41, 5.74) is 2.81. The number of hydrogen-bond donors (Lipinski definition) is 2. The molecule has 1 aliphatic heterocycles. The number of rotatable bonds is 4. The molecule has 7 heteroatoms. The normalized spacial score (nSPS) is 14.0. The molecule has 0 saturated carbocycles. The van der Waals surface area contributed by atoms with Crippen molar-refractivity contribution in [2.24, 2.45) is 0 Å². The Hall–Kier alpha value is -2.83. The van der Waals surface area contributed by atoms with Crippen molar-refractivity contribution in [2.75, 3.05) is 19.8 Å². The first-order chi connectivity index (χ1) is 13.5. The molecule has 144 valence electrons. The van der Waals surface area contributed by atoms with Crippen molar-refractivity contribution in [2.45, 2.75) is 13.0 Å². The van der Waals surface area contributed by atoms with Gasteiger partial charge in [0.1, 0.15) is 13.2 Å². The first-order valence-electron chi connectivity index (χ1n) is 8.94. The van der Waals surface area contributed by atoms with Crippen molar-refractivity contribution in [1.82, 2.24) is 10.3 Å². The van der Waals surface area contributed by atoms with Crippen LogP contribution in [0.25, 0.3) is 10.9 Å². The molecule has 1 aromatic heterocycles. The van der Waals surface area contributed by atoms with Gasteiger partial charge in [-0.15, -0.1) is 0 Å². The van der Waals surface area contributed by atoms with E-state index in [0.29, 0.717) is 40.9 Å². The van der Waals surface area contributed by atoms with E-state index in [1.165, 1.54) is 0 Å². The van der Waals surface area contributed by atoms with Crippen LogP contribution in [0.15, 0.2) is 42.5 Å². The van der Waals surface area contributed by atoms with E-state index in [1.54, 1.807) is 24.3 Å². The third-order valence-corrected chi connectivity index (χ3v) is 4.83. The largest absolute Gasteiger partial charge is 0.486 e. The smallest absolute Gasteiger partial charge is 0.251 e. The predicted molar refractivity (Wildman–Crippen MR) is 106 cm³/mol. The lowest BCUT2D eigenvalue weighted by molar-refractivity contribution is 0.0916. The number of carbonyl (C=O) groups is 1. The van der Waals surface area contributed by atoms with Gasteiger partial charge in [0.25, 0.3) is 5.91 Å². The van der Waals surface area contributed by atoms with Crippen molar-refractivity contribution < 1.29 is 19.4 Å². The van der Waals surface area contributed by atoms with Gasteiger partial charge in [-0.05, 0) is 48.9 Å². The number of carbonyl (C=O) groups excluding carboxylic acids is 1. The Morgan fingerprint density at radius 2 is 2.04 bits per heavy atom. The number of aliphatic hydroxyl groups excluding tert-OH is 1. The summed E-state index contributed by atoms with van der Waals surface area (Å²) in [7, 11) is 0. The van der Waals surface area contributed by atoms with E-state index in [2.05, 4.69) is 10.3 Å². The third kappa shape index (κ3) is 3.74. The summed E-state index contributed by atoms with van der Waals surface area (Å²) in [6.45, 7) is 2.83. The summed E-state index contributed by atoms with van der Waals surface area (Å²) in [5.74, 6) is 0.703. The fraction of sp³-hybridized carbons (Fsp3) is 0.238. The van der Waals surface area contributed by atoms with Crippen LogP contribution in [0, 0.1) is 6.92 Å². The molecule has 28 heavy (non-hydrogen) atoms. The molecular weight excluding hydrogens is 380 g/mol. The van der Waals surface area contributed by atoms with Crippen LogP contribution in [-0.2, 0) is 0 Å². The number of ether oxygens (including phenoxy) is 2. The van der Waals surface area contributed by atoms with Crippen LogP contribution >= 0.6 is 11.6 Å². The molecule has 0 fully saturated rings. The van der Waals surface area contributed by atoms with E-state index in [0.717, 1.165) is 16.6 Å². The zero-order valence-electron chi connectivity index (χ0n) is 15.2. The summed E-state index contributed by atoms with van der Waals surface area (Å²) in [6.07, 6.45) is -0.929. The van der Waals surface area contributed by atoms with E-state index < -0.39 is 6.10 Å². The minimum absolute atomic E-state index is 0.0407. The number of nitrogens with one attached hydrogen (secondary N) is 1. The molecule has 0 spiro atoms. The number of benzene rings is 2. The van der Waals surface area contributed by atoms with E-state index in [-0.39, 0.29) is 12.5 Å². The lowest BCUT2D eigenvalue weighted by Gasteiger charge is -2.21. The maximum Gasteiger partial charge on any atom is 0.251 e. The minimum Gasteiger partial charge on any atom is -0.486 e. The lowest BCUT2D eigenvalue weighted by Crippen LogP contribution is -2.28. The van der Waals surface area contributed by atoms with Gasteiger partial charge in [-0.2, -0.15) is 0 Å². The maximum atomic E-state index is 12.5. The molecule has 1 atom stereocenters. The second-order valence-corrected chi connectivity index (χ2v) is 7.02. The van der Waals surface area contributed by atoms with Crippen LogP contribution in [0.5, 0.6) is 11.5 Å². The molecule has 2 N–H and O–H groups in total. The number of nitrogens with zero attached hydrogens (tertiary/aromatic N) is 1. The number of pyridine rings is 1. The van der Waals surface area contributed by atoms with Crippen LogP contribution in [0.2, 0.25) is 5.02 Å². The molecular formula is C21H19ClN2O4. The van der Waals surface area contributed by atoms with Gasteiger partial charge in [-0.1, -0.05) is 17.7 Å². The quantitative estimate of drug-likeness (QED) is 0.703. The highest BCUT2D eigenvalue weighted by Gasteiger charge is 2.20. The number of hydrogen-bond acceptors (Lipinski definition) is 5. The molecule has 0 bridgehead atoms. The molecule has 6 nitrogen and oxygen atoms in total. The SMILES string of the molecule is Cc1ccc2cc(C(=O)NCC(O)c3cc(Cl)c4c(c3)OCCO4)ccc2n1. The molecule has 1 amide bonds. The second kappa shape index (κ2) is 7.66. The van der Waals surface area contributed by atoms with E-state index >= 15 is 0 Å². The Morgan fingerprint density at radius 1 is 1.21 bits per heavy atom. The topological polar surface area (TPSA) is 80.7 Å². The highest BCUT2D eigenvalue weighted by atomic mass is 35.5. The molecule has 0 saturated heterocycles. The number of aryl methyl sites for hydroxylation is 1. The third-order valence-electron chi connectivity index (χ3n) is 4.55. The van der Waals surface area contributed by atoms with Gasteiger partial charge in [0.05, 0.1) is 16.6 Å². The van der Waals surface area contributed by atoms with Crippen LogP contribution < -0.4 is 14.8 Å². The van der Waals surface area contributed by atoms with Crippen LogP contribution in [0.4, 0.5) is 0 Å². The van der Waals surface area contributed by atoms with Gasteiger partial charge in [0, 0.05) is 23.2 Å². The molecule has 2 aromatic carbocycles. The summed E-state index contributed by atoms with van der Waals surface area (Å²) in [6, 6.07) is 12.5. The van der Waals surface area contributed by atoms with E-state index in [4.69, 9.17) is 21.1 Å². The molecule has 1 aliphatic rings. The standard InChI is InChI=1S/C21H19ClN2O4/c1-12-2-3-13-8-14(4-5-17(13)24-12)21(26)23-11-18(25)15-9-16(22)20-19(10-15)27-6-7-28-20/h2-5,8-10,18,25H,6-7,11H2,1H3,(H,23,26). The highest BCUT2D eigenvalue weighted by Crippen LogP contribution is 2.39. The number of aromatic nitrogens is 1. The monoisotopic (exact) mass is 398 g/mol. The molecule has 4 rings (SSSR count). The number of aliphatic hydroxyl groups is 1. The summed E-state index contributed by atoms with van der Waals surface area (Å²) in [4.78, 5) is 16.9. The average Bonchev–Trinajstić information content (AvgIpc) is 2.71.